The first-order valence-corrected chi connectivity index (χ1v) is 26.4. The van der Waals surface area contributed by atoms with Crippen molar-refractivity contribution < 1.29 is 24.5 Å². The van der Waals surface area contributed by atoms with Crippen LogP contribution in [0.2, 0.25) is 0 Å². The number of aliphatic hydroxyl groups excluding tert-OH is 2. The van der Waals surface area contributed by atoms with E-state index in [1.165, 1.54) is 148 Å². The van der Waals surface area contributed by atoms with Gasteiger partial charge in [0.05, 0.1) is 25.2 Å². The molecule has 0 aliphatic rings. The maximum absolute atomic E-state index is 13.2. The molecule has 0 aromatic heterocycles. The quantitative estimate of drug-likeness (QED) is 0.0322. The van der Waals surface area contributed by atoms with Gasteiger partial charge in [-0.05, 0) is 44.9 Å². The Morgan fingerprint density at radius 3 is 1.34 bits per heavy atom. The monoisotopic (exact) mass is 856 g/mol. The molecule has 0 aromatic carbocycles. The molecule has 0 rings (SSSR count). The molecule has 0 saturated heterocycles. The lowest BCUT2D eigenvalue weighted by atomic mass is 10.0. The van der Waals surface area contributed by atoms with Crippen LogP contribution in [-0.4, -0.2) is 46.9 Å². The highest BCUT2D eigenvalue weighted by molar-refractivity contribution is 5.77. The van der Waals surface area contributed by atoms with Crippen LogP contribution in [0.1, 0.15) is 265 Å². The third-order valence-electron chi connectivity index (χ3n) is 12.0. The van der Waals surface area contributed by atoms with Crippen LogP contribution in [-0.2, 0) is 14.3 Å². The van der Waals surface area contributed by atoms with Gasteiger partial charge < -0.3 is 20.3 Å². The first-order chi connectivity index (χ1) is 30.0. The van der Waals surface area contributed by atoms with Crippen LogP contribution in [0, 0.1) is 0 Å². The number of amides is 1. The van der Waals surface area contributed by atoms with Crippen molar-refractivity contribution in [3.8, 4) is 0 Å². The molecular formula is C55H101NO5. The zero-order chi connectivity index (χ0) is 44.5. The summed E-state index contributed by atoms with van der Waals surface area (Å²) in [6.45, 7) is 6.34. The maximum atomic E-state index is 13.2. The van der Waals surface area contributed by atoms with Gasteiger partial charge in [-0.1, -0.05) is 256 Å². The second-order valence-electron chi connectivity index (χ2n) is 18.0. The number of carbonyl (C=O) groups excluding carboxylic acids is 2. The Hall–Kier alpha value is -2.18. The molecule has 0 heterocycles. The molecule has 3 unspecified atom stereocenters. The van der Waals surface area contributed by atoms with Crippen molar-refractivity contribution >= 4 is 11.9 Å². The van der Waals surface area contributed by atoms with E-state index in [-0.39, 0.29) is 24.9 Å². The molecule has 0 bridgehead atoms. The van der Waals surface area contributed by atoms with Crippen molar-refractivity contribution in [3.63, 3.8) is 0 Å². The van der Waals surface area contributed by atoms with Gasteiger partial charge >= 0.3 is 5.97 Å². The number of hydrogen-bond acceptors (Lipinski definition) is 5. The number of nitrogens with one attached hydrogen (secondary N) is 1. The van der Waals surface area contributed by atoms with Crippen LogP contribution < -0.4 is 5.32 Å². The number of hydrogen-bond donors (Lipinski definition) is 3. The number of aliphatic hydroxyl groups is 2. The molecule has 0 saturated carbocycles. The minimum absolute atomic E-state index is 0.0538. The van der Waals surface area contributed by atoms with Crippen molar-refractivity contribution in [3.05, 3.63) is 48.6 Å². The van der Waals surface area contributed by atoms with Crippen molar-refractivity contribution in [2.75, 3.05) is 6.61 Å². The largest absolute Gasteiger partial charge is 0.462 e. The molecule has 6 heteroatoms. The summed E-state index contributed by atoms with van der Waals surface area (Å²) >= 11 is 0. The summed E-state index contributed by atoms with van der Waals surface area (Å²) in [5.74, 6) is -0.504. The normalized spacial score (nSPS) is 13.6. The van der Waals surface area contributed by atoms with Gasteiger partial charge in [0.15, 0.2) is 0 Å². The molecule has 0 aliphatic carbocycles. The predicted molar refractivity (Wildman–Crippen MR) is 264 cm³/mol. The van der Waals surface area contributed by atoms with Crippen molar-refractivity contribution in [2.24, 2.45) is 0 Å². The van der Waals surface area contributed by atoms with Gasteiger partial charge in [-0.3, -0.25) is 9.59 Å². The predicted octanol–water partition coefficient (Wildman–Crippen LogP) is 15.8. The summed E-state index contributed by atoms with van der Waals surface area (Å²) in [5.41, 5.74) is 0. The van der Waals surface area contributed by atoms with Gasteiger partial charge in [0.2, 0.25) is 5.91 Å². The average Bonchev–Trinajstić information content (AvgIpc) is 3.25. The smallest absolute Gasteiger partial charge is 0.306 e. The number of rotatable bonds is 47. The Morgan fingerprint density at radius 1 is 0.492 bits per heavy atom. The molecular weight excluding hydrogens is 755 g/mol. The van der Waals surface area contributed by atoms with Gasteiger partial charge in [-0.15, -0.1) is 0 Å². The van der Waals surface area contributed by atoms with E-state index < -0.39 is 18.2 Å². The third kappa shape index (κ3) is 44.2. The standard InChI is InChI=1S/C55H101NO5/c1-4-7-10-13-16-19-22-24-25-26-27-28-30-33-36-39-42-45-48-55(60)61-51(46-43-40-37-34-32-29-23-20-17-14-11-8-5-2)49-54(59)56-52(50-57)53(58)47-44-41-38-35-31-21-18-15-12-9-6-3/h8,11,14,17,20,23,29,32,51-53,57-58H,4-7,9-10,12-13,15-16,18-19,21-22,24-28,30-31,33-50H2,1-3H3,(H,56,59)/b11-8+,17-14+,23-20+,32-29-. The minimum atomic E-state index is -0.796. The van der Waals surface area contributed by atoms with E-state index >= 15 is 0 Å². The lowest BCUT2D eigenvalue weighted by Gasteiger charge is -2.24. The molecule has 0 fully saturated rings. The van der Waals surface area contributed by atoms with Crippen LogP contribution >= 0.6 is 0 Å². The highest BCUT2D eigenvalue weighted by atomic mass is 16.5. The van der Waals surface area contributed by atoms with Gasteiger partial charge in [0.25, 0.3) is 0 Å². The molecule has 3 atom stereocenters. The summed E-state index contributed by atoms with van der Waals surface area (Å²) in [4.78, 5) is 26.1. The molecule has 3 N–H and O–H groups in total. The summed E-state index contributed by atoms with van der Waals surface area (Å²) in [6.07, 6.45) is 58.9. The second-order valence-corrected chi connectivity index (χ2v) is 18.0. The van der Waals surface area contributed by atoms with E-state index in [1.807, 2.05) is 24.3 Å². The Bertz CT molecular complexity index is 1050. The van der Waals surface area contributed by atoms with Gasteiger partial charge in [0, 0.05) is 6.42 Å². The number of ether oxygens (including phenoxy) is 1. The number of carbonyl (C=O) groups is 2. The Labute approximate surface area is 378 Å². The van der Waals surface area contributed by atoms with Crippen molar-refractivity contribution in [1.29, 1.82) is 0 Å². The average molecular weight is 856 g/mol. The number of esters is 1. The van der Waals surface area contributed by atoms with Crippen LogP contribution in [0.3, 0.4) is 0 Å². The Morgan fingerprint density at radius 2 is 0.885 bits per heavy atom. The lowest BCUT2D eigenvalue weighted by molar-refractivity contribution is -0.151. The summed E-state index contributed by atoms with van der Waals surface area (Å²) in [5, 5.41) is 23.7. The van der Waals surface area contributed by atoms with Crippen molar-refractivity contribution in [1.82, 2.24) is 5.32 Å². The fourth-order valence-corrected chi connectivity index (χ4v) is 8.03. The zero-order valence-corrected chi connectivity index (χ0v) is 40.5. The highest BCUT2D eigenvalue weighted by Crippen LogP contribution is 2.18. The SMILES string of the molecule is CC/C=C/C=C/C=C/C=C\CCCCCC(CC(=O)NC(CO)C(O)CCCCCCCCCCCCC)OC(=O)CCCCCCCCCCCCCCCCCCCC. The lowest BCUT2D eigenvalue weighted by Crippen LogP contribution is -2.46. The number of unbranched alkanes of at least 4 members (excludes halogenated alkanes) is 30. The molecule has 61 heavy (non-hydrogen) atoms. The molecule has 0 spiro atoms. The van der Waals surface area contributed by atoms with Gasteiger partial charge in [-0.25, -0.2) is 0 Å². The molecule has 0 aliphatic heterocycles. The fourth-order valence-electron chi connectivity index (χ4n) is 8.03. The van der Waals surface area contributed by atoms with Crippen molar-refractivity contribution in [2.45, 2.75) is 283 Å². The van der Waals surface area contributed by atoms with Crippen LogP contribution in [0.5, 0.6) is 0 Å². The summed E-state index contributed by atoms with van der Waals surface area (Å²) in [7, 11) is 0. The summed E-state index contributed by atoms with van der Waals surface area (Å²) in [6, 6.07) is -0.712. The van der Waals surface area contributed by atoms with E-state index in [2.05, 4.69) is 50.4 Å². The van der Waals surface area contributed by atoms with E-state index in [0.29, 0.717) is 19.3 Å². The topological polar surface area (TPSA) is 95.9 Å². The molecule has 6 nitrogen and oxygen atoms in total. The first-order valence-electron chi connectivity index (χ1n) is 26.4. The fraction of sp³-hybridized carbons (Fsp3) is 0.818. The van der Waals surface area contributed by atoms with E-state index in [4.69, 9.17) is 4.74 Å². The third-order valence-corrected chi connectivity index (χ3v) is 12.0. The van der Waals surface area contributed by atoms with Crippen LogP contribution in [0.25, 0.3) is 0 Å². The van der Waals surface area contributed by atoms with Crippen LogP contribution in [0.4, 0.5) is 0 Å². The minimum Gasteiger partial charge on any atom is -0.462 e. The zero-order valence-electron chi connectivity index (χ0n) is 40.5. The van der Waals surface area contributed by atoms with Gasteiger partial charge in [0.1, 0.15) is 6.10 Å². The van der Waals surface area contributed by atoms with Crippen LogP contribution in [0.15, 0.2) is 48.6 Å². The Balaban J connectivity index is 4.55. The van der Waals surface area contributed by atoms with E-state index in [1.54, 1.807) is 0 Å². The molecule has 356 valence electrons. The molecule has 0 aromatic rings. The first kappa shape index (κ1) is 58.8. The highest BCUT2D eigenvalue weighted by Gasteiger charge is 2.24. The Kier molecular flexibility index (Phi) is 47.1. The summed E-state index contributed by atoms with van der Waals surface area (Å²) < 4.78 is 5.92. The second kappa shape index (κ2) is 48.8. The van der Waals surface area contributed by atoms with E-state index in [9.17, 15) is 19.8 Å². The van der Waals surface area contributed by atoms with E-state index in [0.717, 1.165) is 70.6 Å². The number of allylic oxidation sites excluding steroid dienone is 8. The molecule has 0 radical (unpaired) electrons. The van der Waals surface area contributed by atoms with Gasteiger partial charge in [-0.2, -0.15) is 0 Å². The molecule has 1 amide bonds. The maximum Gasteiger partial charge on any atom is 0.306 e.